The van der Waals surface area contributed by atoms with E-state index in [4.69, 9.17) is 0 Å². The van der Waals surface area contributed by atoms with Crippen LogP contribution in [0, 0.1) is 87.8 Å². The second kappa shape index (κ2) is 23.2. The molecule has 0 fully saturated rings. The minimum absolute atomic E-state index is 0. The first-order valence-electron chi connectivity index (χ1n) is 10.2. The van der Waals surface area contributed by atoms with Gasteiger partial charge in [0.15, 0.2) is 0 Å². The summed E-state index contributed by atoms with van der Waals surface area (Å²) in [5.74, 6) is 0. The standard InChI is InChI=1S/Nd.H16O43P14.Yb/c;1-44(2,3)31-46(7,8)33-48(11,12)35-50(15,16)37-52(19,20)39-54(23,24)41-56(27,28)43-57(29,30)42-55(25,26)40-53(21,22)38-51(17,18)36-49(13,14)34-47(9,10)32-45(4,5)6;/h;(H,7,8)(H,9,10)(H,11,12)(H,13,14)(H,15,16)(H,17,18)(H,19,20)(H,21,22)(H,23,24)(H,25,26)(H,27,28)(H,29,30)(H2,1,2,3)(H2,4,5,6);/q+3;;+3/p-16. The fourth-order valence-corrected chi connectivity index (χ4v) is 19.2. The summed E-state index contributed by atoms with van der Waals surface area (Å²) in [5, 5.41) is 0. The molecule has 12 unspecified atom stereocenters. The average Bonchev–Trinajstić information content (AvgIpc) is 2.63. The van der Waals surface area contributed by atoms with Crippen LogP contribution in [0.1, 0.15) is 0 Å². The van der Waals surface area contributed by atoms with Gasteiger partial charge in [0.25, 0.3) is 93.9 Å². The van der Waals surface area contributed by atoms with E-state index >= 15 is 0 Å². The van der Waals surface area contributed by atoms with Crippen LogP contribution in [0.5, 0.6) is 0 Å². The summed E-state index contributed by atoms with van der Waals surface area (Å²) in [5.41, 5.74) is 0. The van der Waals surface area contributed by atoms with Crippen LogP contribution in [0.25, 0.3) is 0 Å². The average molecular weight is 1440 g/mol. The zero-order chi connectivity index (χ0) is 46.2. The van der Waals surface area contributed by atoms with Gasteiger partial charge in [-0.15, -0.1) is 0 Å². The SMILES string of the molecule is O=P([O-])([O-])OP(=O)([O-])OP(=O)([O-])OP(=O)([O-])OP(=O)([O-])OP(=O)([O-])OP(=O)([O-])OP(=O)([O-])OP(=O)([O-])OP(=O)([O-])OP(=O)([O-])OP(=O)([O-])OP(=O)([O-])OP(=O)([O-])[O-].[Nd+3].[Yb+3]. The molecule has 0 aliphatic carbocycles. The van der Waals surface area contributed by atoms with Gasteiger partial charge in [-0.3, -0.25) is 63.4 Å². The third-order valence-corrected chi connectivity index (χ3v) is 23.4. The van der Waals surface area contributed by atoms with Crippen molar-refractivity contribution in [3.8, 4) is 0 Å². The van der Waals surface area contributed by atoms with E-state index in [0.29, 0.717) is 0 Å². The first-order chi connectivity index (χ1) is 24.2. The van der Waals surface area contributed by atoms with E-state index < -0.39 is 110 Å². The molecular weight excluding hydrogens is 1440 g/mol. The second-order valence-corrected chi connectivity index (χ2v) is 28.3. The zero-order valence-corrected chi connectivity index (χ0v) is 42.0. The number of rotatable bonds is 26. The fourth-order valence-electron chi connectivity index (χ4n) is 1.77. The van der Waals surface area contributed by atoms with Crippen molar-refractivity contribution in [2.24, 2.45) is 0 Å². The maximum absolute atomic E-state index is 11.6. The molecule has 356 valence electrons. The molecule has 0 spiro atoms. The van der Waals surface area contributed by atoms with Crippen LogP contribution in [0.4, 0.5) is 0 Å². The molecule has 0 aliphatic heterocycles. The fraction of sp³-hybridized carbons (Fsp3) is 0. The van der Waals surface area contributed by atoms with E-state index in [9.17, 15) is 142 Å². The molecule has 0 rings (SSSR count). The van der Waals surface area contributed by atoms with Crippen LogP contribution in [-0.4, -0.2) is 0 Å². The largest absolute Gasteiger partial charge is 3.00 e. The van der Waals surface area contributed by atoms with Crippen molar-refractivity contribution in [2.45, 2.75) is 0 Å². The van der Waals surface area contributed by atoms with Gasteiger partial charge < -0.3 is 87.4 Å². The summed E-state index contributed by atoms with van der Waals surface area (Å²) in [6.07, 6.45) is 0. The Hall–Kier alpha value is 4.93. The van der Waals surface area contributed by atoms with E-state index in [1.807, 2.05) is 0 Å². The van der Waals surface area contributed by atoms with Crippen LogP contribution in [0.3, 0.4) is 0 Å². The van der Waals surface area contributed by atoms with E-state index in [1.54, 1.807) is 0 Å². The number of hydrogen-bond acceptors (Lipinski definition) is 43. The van der Waals surface area contributed by atoms with Gasteiger partial charge in [0, 0.05) is 0 Å². The minimum atomic E-state index is -7.59. The Morgan fingerprint density at radius 2 is 0.254 bits per heavy atom. The van der Waals surface area contributed by atoms with Gasteiger partial charge in [-0.2, -0.15) is 0 Å². The van der Waals surface area contributed by atoms with Crippen LogP contribution < -0.4 is 78.3 Å². The van der Waals surface area contributed by atoms with Crippen molar-refractivity contribution < 1.29 is 286 Å². The summed E-state index contributed by atoms with van der Waals surface area (Å²) in [4.78, 5) is 177. The van der Waals surface area contributed by atoms with E-state index in [1.165, 1.54) is 0 Å². The molecule has 59 heavy (non-hydrogen) atoms. The topological polar surface area (TPSA) is 728 Å². The van der Waals surface area contributed by atoms with Crippen molar-refractivity contribution in [1.29, 1.82) is 0 Å². The summed E-state index contributed by atoms with van der Waals surface area (Å²) in [7, 11) is -102. The zero-order valence-electron chi connectivity index (χ0n) is 24.6. The monoisotopic (exact) mass is 1440 g/mol. The predicted octanol–water partition coefficient (Wildman–Crippen LogP) is -9.52. The molecule has 2 radical (unpaired) electrons. The van der Waals surface area contributed by atoms with Crippen LogP contribution in [-0.2, 0) is 120 Å². The first-order valence-corrected chi connectivity index (χ1v) is 30.7. The smallest absolute Gasteiger partial charge is 0.790 e. The molecule has 0 aromatic heterocycles. The molecule has 12 atom stereocenters. The second-order valence-electron chi connectivity index (χ2n) is 7.32. The molecule has 0 bridgehead atoms. The van der Waals surface area contributed by atoms with Gasteiger partial charge in [-0.1, -0.05) is 0 Å². The Kier molecular flexibility index (Phi) is 26.9. The van der Waals surface area contributed by atoms with Crippen molar-refractivity contribution >= 4 is 110 Å². The molecule has 0 N–H and O–H groups in total. The number of phosphoric acid groups is 14. The molecule has 0 aromatic rings. The van der Waals surface area contributed by atoms with Gasteiger partial charge in [-0.25, -0.2) is 47.4 Å². The Morgan fingerprint density at radius 3 is 0.322 bits per heavy atom. The van der Waals surface area contributed by atoms with Gasteiger partial charge in [0.05, 0.1) is 15.6 Å². The molecule has 0 saturated carbocycles. The predicted molar refractivity (Wildman–Crippen MR) is 121 cm³/mol. The summed E-state index contributed by atoms with van der Waals surface area (Å²) < 4.78 is 191. The maximum Gasteiger partial charge on any atom is 3.00 e. The van der Waals surface area contributed by atoms with Crippen molar-refractivity contribution in [3.05, 3.63) is 0 Å². The van der Waals surface area contributed by atoms with Gasteiger partial charge >= 0.3 is 87.8 Å². The molecule has 0 amide bonds. The Balaban J connectivity index is -0.0000157. The summed E-state index contributed by atoms with van der Waals surface area (Å²) >= 11 is 0. The van der Waals surface area contributed by atoms with Gasteiger partial charge in [-0.05, 0) is 0 Å². The molecule has 0 heterocycles. The van der Waals surface area contributed by atoms with Crippen molar-refractivity contribution in [1.82, 2.24) is 0 Å². The summed E-state index contributed by atoms with van der Waals surface area (Å²) in [6, 6.07) is 0. The normalized spacial score (nSPS) is 25.1. The van der Waals surface area contributed by atoms with E-state index in [2.05, 4.69) is 56.0 Å². The van der Waals surface area contributed by atoms with Crippen LogP contribution >= 0.6 is 110 Å². The van der Waals surface area contributed by atoms with Gasteiger partial charge in [0.2, 0.25) is 0 Å². The van der Waals surface area contributed by atoms with Crippen molar-refractivity contribution in [2.75, 3.05) is 0 Å². The van der Waals surface area contributed by atoms with Crippen LogP contribution in [0.15, 0.2) is 0 Å². The Labute approximate surface area is 391 Å². The molecule has 0 aromatic carbocycles. The van der Waals surface area contributed by atoms with Crippen LogP contribution in [0.2, 0.25) is 0 Å². The van der Waals surface area contributed by atoms with E-state index in [0.717, 1.165) is 0 Å². The first kappa shape index (κ1) is 68.2. The molecule has 0 saturated heterocycles. The molecule has 59 heteroatoms. The maximum atomic E-state index is 11.6. The van der Waals surface area contributed by atoms with E-state index in [-0.39, 0.29) is 87.8 Å². The summed E-state index contributed by atoms with van der Waals surface area (Å²) in [6.45, 7) is 0. The quantitative estimate of drug-likeness (QED) is 0.0726. The Morgan fingerprint density at radius 1 is 0.186 bits per heavy atom. The minimum Gasteiger partial charge on any atom is -0.790 e. The number of hydrogen-bond donors (Lipinski definition) is 0. The molecular formula is NdO43P14Yb-10. The molecule has 0 aliphatic rings. The van der Waals surface area contributed by atoms with Gasteiger partial charge in [0.1, 0.15) is 0 Å². The molecule has 43 nitrogen and oxygen atoms in total. The Bertz CT molecular complexity index is 2030. The van der Waals surface area contributed by atoms with Crippen molar-refractivity contribution in [3.63, 3.8) is 0 Å². The third kappa shape index (κ3) is 34.0. The third-order valence-electron chi connectivity index (χ3n) is 2.60.